The van der Waals surface area contributed by atoms with Crippen LogP contribution in [0, 0.1) is 5.92 Å². The quantitative estimate of drug-likeness (QED) is 0.728. The molecule has 0 unspecified atom stereocenters. The summed E-state index contributed by atoms with van der Waals surface area (Å²) in [5, 5.41) is 3.00. The molecule has 0 radical (unpaired) electrons. The maximum Gasteiger partial charge on any atom is 0.224 e. The van der Waals surface area contributed by atoms with Gasteiger partial charge in [-0.15, -0.1) is 0 Å². The summed E-state index contributed by atoms with van der Waals surface area (Å²) in [5.74, 6) is 2.05. The Balaban J connectivity index is 1.59. The molecule has 0 saturated heterocycles. The number of ether oxygens (including phenoxy) is 1. The van der Waals surface area contributed by atoms with Crippen LogP contribution in [0.2, 0.25) is 0 Å². The summed E-state index contributed by atoms with van der Waals surface area (Å²) in [4.78, 5) is 19.3. The number of nitrogens with zero attached hydrogens (tertiary/aromatic N) is 3. The molecule has 2 aromatic carbocycles. The van der Waals surface area contributed by atoms with E-state index in [1.807, 2.05) is 38.1 Å². The van der Waals surface area contributed by atoms with Gasteiger partial charge in [-0.1, -0.05) is 26.0 Å². The van der Waals surface area contributed by atoms with E-state index in [1.165, 1.54) is 5.52 Å². The van der Waals surface area contributed by atoms with Gasteiger partial charge in [0.25, 0.3) is 0 Å². The Labute approximate surface area is 165 Å². The number of carbonyl (C=O) groups is 1. The second-order valence-electron chi connectivity index (χ2n) is 7.62. The van der Waals surface area contributed by atoms with Crippen molar-refractivity contribution in [3.8, 4) is 5.75 Å². The number of rotatable bonds is 5. The number of imidazole rings is 1. The molecule has 2 heterocycles. The molecule has 4 rings (SSSR count). The molecule has 0 fully saturated rings. The van der Waals surface area contributed by atoms with Gasteiger partial charge in [-0.3, -0.25) is 4.79 Å². The van der Waals surface area contributed by atoms with Crippen LogP contribution in [0.3, 0.4) is 0 Å². The molecule has 6 heteroatoms. The van der Waals surface area contributed by atoms with Crippen LogP contribution in [0.5, 0.6) is 5.75 Å². The Kier molecular flexibility index (Phi) is 4.94. The van der Waals surface area contributed by atoms with Crippen molar-refractivity contribution >= 4 is 28.3 Å². The number of fused-ring (bicyclic) bond motifs is 3. The van der Waals surface area contributed by atoms with E-state index < -0.39 is 0 Å². The first kappa shape index (κ1) is 18.3. The Morgan fingerprint density at radius 2 is 2.04 bits per heavy atom. The Bertz CT molecular complexity index is 1010. The van der Waals surface area contributed by atoms with Crippen molar-refractivity contribution in [3.63, 3.8) is 0 Å². The molecule has 0 spiro atoms. The summed E-state index contributed by atoms with van der Waals surface area (Å²) in [5.41, 5.74) is 3.99. The van der Waals surface area contributed by atoms with Gasteiger partial charge in [-0.05, 0) is 36.2 Å². The van der Waals surface area contributed by atoms with Crippen LogP contribution in [0.1, 0.15) is 26.1 Å². The maximum absolute atomic E-state index is 12.2. The molecule has 1 aromatic heterocycles. The molecule has 1 aliphatic heterocycles. The normalized spacial score (nSPS) is 13.6. The molecular formula is C22H26N4O2. The summed E-state index contributed by atoms with van der Waals surface area (Å²) in [6.07, 6.45) is 0.487. The summed E-state index contributed by atoms with van der Waals surface area (Å²) in [6.45, 7) is 6.58. The summed E-state index contributed by atoms with van der Waals surface area (Å²) in [6, 6.07) is 14.2. The highest BCUT2D eigenvalue weighted by molar-refractivity contribution is 5.93. The average molecular weight is 378 g/mol. The fourth-order valence-electron chi connectivity index (χ4n) is 3.75. The lowest BCUT2D eigenvalue weighted by molar-refractivity contribution is -0.116. The van der Waals surface area contributed by atoms with E-state index in [4.69, 9.17) is 9.72 Å². The van der Waals surface area contributed by atoms with Gasteiger partial charge in [0.15, 0.2) is 0 Å². The van der Waals surface area contributed by atoms with Crippen molar-refractivity contribution in [3.05, 3.63) is 48.3 Å². The molecule has 6 nitrogen and oxygen atoms in total. The van der Waals surface area contributed by atoms with Crippen LogP contribution in [0.4, 0.5) is 11.4 Å². The van der Waals surface area contributed by atoms with Crippen LogP contribution in [0.25, 0.3) is 11.0 Å². The third kappa shape index (κ3) is 3.54. The van der Waals surface area contributed by atoms with Gasteiger partial charge in [0.1, 0.15) is 11.6 Å². The first-order valence-electron chi connectivity index (χ1n) is 9.72. The third-order valence-electron chi connectivity index (χ3n) is 5.08. The van der Waals surface area contributed by atoms with Crippen molar-refractivity contribution in [2.75, 3.05) is 23.9 Å². The van der Waals surface area contributed by atoms with E-state index in [0.717, 1.165) is 36.7 Å². The van der Waals surface area contributed by atoms with Gasteiger partial charge < -0.3 is 19.5 Å². The van der Waals surface area contributed by atoms with E-state index >= 15 is 0 Å². The zero-order valence-corrected chi connectivity index (χ0v) is 16.6. The lowest BCUT2D eigenvalue weighted by Gasteiger charge is -2.30. The van der Waals surface area contributed by atoms with E-state index in [1.54, 1.807) is 7.11 Å². The minimum atomic E-state index is 0.00545. The van der Waals surface area contributed by atoms with Gasteiger partial charge in [0.05, 0.1) is 30.4 Å². The Morgan fingerprint density at radius 3 is 2.82 bits per heavy atom. The first-order valence-corrected chi connectivity index (χ1v) is 9.72. The standard InChI is InChI=1S/C22H26N4O2/c1-15(2)12-22(27)24-18-13-16(8-9-20(18)28-3)25-10-11-26-19-7-5-4-6-17(19)23-21(26)14-25/h4-9,13,15H,10-12,14H2,1-3H3,(H,24,27). The van der Waals surface area contributed by atoms with Gasteiger partial charge in [0, 0.05) is 25.2 Å². The van der Waals surface area contributed by atoms with Crippen LogP contribution >= 0.6 is 0 Å². The monoisotopic (exact) mass is 378 g/mol. The number of nitrogens with one attached hydrogen (secondary N) is 1. The lowest BCUT2D eigenvalue weighted by Crippen LogP contribution is -2.33. The third-order valence-corrected chi connectivity index (χ3v) is 5.08. The lowest BCUT2D eigenvalue weighted by atomic mass is 10.1. The number of para-hydroxylation sites is 2. The first-order chi connectivity index (χ1) is 13.5. The number of amides is 1. The zero-order chi connectivity index (χ0) is 19.7. The second kappa shape index (κ2) is 7.54. The number of anilines is 2. The molecule has 0 aliphatic carbocycles. The zero-order valence-electron chi connectivity index (χ0n) is 16.6. The predicted octanol–water partition coefficient (Wildman–Crippen LogP) is 4.05. The minimum absolute atomic E-state index is 0.00545. The molecule has 3 aromatic rings. The number of aromatic nitrogens is 2. The highest BCUT2D eigenvalue weighted by atomic mass is 16.5. The van der Waals surface area contributed by atoms with E-state index in [9.17, 15) is 4.79 Å². The van der Waals surface area contributed by atoms with Gasteiger partial charge in [0.2, 0.25) is 5.91 Å². The van der Waals surface area contributed by atoms with Gasteiger partial charge in [-0.2, -0.15) is 0 Å². The van der Waals surface area contributed by atoms with Crippen LogP contribution in [-0.4, -0.2) is 29.1 Å². The summed E-state index contributed by atoms with van der Waals surface area (Å²) < 4.78 is 7.73. The molecule has 0 saturated carbocycles. The van der Waals surface area contributed by atoms with Gasteiger partial charge in [-0.25, -0.2) is 4.98 Å². The van der Waals surface area contributed by atoms with Gasteiger partial charge >= 0.3 is 0 Å². The molecule has 1 amide bonds. The Morgan fingerprint density at radius 1 is 1.21 bits per heavy atom. The van der Waals surface area contributed by atoms with Crippen LogP contribution in [-0.2, 0) is 17.9 Å². The minimum Gasteiger partial charge on any atom is -0.495 e. The Hall–Kier alpha value is -3.02. The number of hydrogen-bond acceptors (Lipinski definition) is 4. The SMILES string of the molecule is COc1ccc(N2CCn3c(nc4ccccc43)C2)cc1NC(=O)CC(C)C. The maximum atomic E-state index is 12.2. The van der Waals surface area contributed by atoms with E-state index in [0.29, 0.717) is 23.8 Å². The molecule has 0 bridgehead atoms. The number of hydrogen-bond donors (Lipinski definition) is 1. The van der Waals surface area contributed by atoms with Crippen molar-refractivity contribution in [1.29, 1.82) is 0 Å². The average Bonchev–Trinajstić information content (AvgIpc) is 3.05. The van der Waals surface area contributed by atoms with Crippen molar-refractivity contribution in [2.24, 2.45) is 5.92 Å². The van der Waals surface area contributed by atoms with Crippen molar-refractivity contribution < 1.29 is 9.53 Å². The molecule has 1 N–H and O–H groups in total. The van der Waals surface area contributed by atoms with Crippen LogP contribution < -0.4 is 15.0 Å². The predicted molar refractivity (Wildman–Crippen MR) is 112 cm³/mol. The largest absolute Gasteiger partial charge is 0.495 e. The fraction of sp³-hybridized carbons (Fsp3) is 0.364. The summed E-state index contributed by atoms with van der Waals surface area (Å²) >= 11 is 0. The molecule has 28 heavy (non-hydrogen) atoms. The molecule has 1 aliphatic rings. The second-order valence-corrected chi connectivity index (χ2v) is 7.62. The smallest absolute Gasteiger partial charge is 0.224 e. The number of benzene rings is 2. The topological polar surface area (TPSA) is 59.4 Å². The number of methoxy groups -OCH3 is 1. The molecule has 0 atom stereocenters. The molecular weight excluding hydrogens is 352 g/mol. The van der Waals surface area contributed by atoms with Crippen molar-refractivity contribution in [1.82, 2.24) is 9.55 Å². The van der Waals surface area contributed by atoms with Crippen molar-refractivity contribution in [2.45, 2.75) is 33.4 Å². The highest BCUT2D eigenvalue weighted by Crippen LogP contribution is 2.32. The highest BCUT2D eigenvalue weighted by Gasteiger charge is 2.21. The van der Waals surface area contributed by atoms with Crippen LogP contribution in [0.15, 0.2) is 42.5 Å². The van der Waals surface area contributed by atoms with E-state index in [2.05, 4.69) is 33.0 Å². The number of carbonyl (C=O) groups excluding carboxylic acids is 1. The summed E-state index contributed by atoms with van der Waals surface area (Å²) in [7, 11) is 1.62. The fourth-order valence-corrected chi connectivity index (χ4v) is 3.75. The molecule has 146 valence electrons. The van der Waals surface area contributed by atoms with E-state index in [-0.39, 0.29) is 5.91 Å².